The molecule has 1 heterocycles. The average Bonchev–Trinajstić information content (AvgIpc) is 2.35. The molecule has 0 radical (unpaired) electrons. The van der Waals surface area contributed by atoms with Gasteiger partial charge in [-0.2, -0.15) is 0 Å². The molecule has 0 aliphatic rings. The number of anilines is 1. The fourth-order valence-electron chi connectivity index (χ4n) is 1.49. The van der Waals surface area contributed by atoms with Crippen LogP contribution in [0.2, 0.25) is 0 Å². The standard InChI is InChI=1S/C12H20N4O/c1-4-16(8-9(2)12(13)14)11-6-5-10(17-3)7-15-11/h5-7,9H,4,8H2,1-3H3,(H3,13,14). The number of amidine groups is 1. The van der Waals surface area contributed by atoms with Crippen LogP contribution in [0.25, 0.3) is 0 Å². The summed E-state index contributed by atoms with van der Waals surface area (Å²) in [5.41, 5.74) is 5.48. The van der Waals surface area contributed by atoms with E-state index in [-0.39, 0.29) is 11.8 Å². The maximum Gasteiger partial charge on any atom is 0.137 e. The zero-order valence-electron chi connectivity index (χ0n) is 10.6. The summed E-state index contributed by atoms with van der Waals surface area (Å²) in [6.45, 7) is 5.52. The molecule has 1 atom stereocenters. The van der Waals surface area contributed by atoms with E-state index in [1.807, 2.05) is 19.1 Å². The van der Waals surface area contributed by atoms with Crippen molar-refractivity contribution in [3.05, 3.63) is 18.3 Å². The first kappa shape index (κ1) is 13.3. The largest absolute Gasteiger partial charge is 0.495 e. The molecule has 3 N–H and O–H groups in total. The van der Waals surface area contributed by atoms with Crippen molar-refractivity contribution in [2.45, 2.75) is 13.8 Å². The number of aromatic nitrogens is 1. The van der Waals surface area contributed by atoms with Crippen LogP contribution in [0.5, 0.6) is 5.75 Å². The Bertz CT molecular complexity index is 363. The van der Waals surface area contributed by atoms with Crippen molar-refractivity contribution in [1.29, 1.82) is 5.41 Å². The van der Waals surface area contributed by atoms with Crippen molar-refractivity contribution in [2.75, 3.05) is 25.1 Å². The van der Waals surface area contributed by atoms with Crippen LogP contribution in [0, 0.1) is 11.3 Å². The number of nitrogens with zero attached hydrogens (tertiary/aromatic N) is 2. The molecule has 1 unspecified atom stereocenters. The van der Waals surface area contributed by atoms with Crippen molar-refractivity contribution in [1.82, 2.24) is 4.98 Å². The second kappa shape index (κ2) is 6.08. The van der Waals surface area contributed by atoms with Gasteiger partial charge in [0.15, 0.2) is 0 Å². The van der Waals surface area contributed by atoms with Crippen LogP contribution in [0.4, 0.5) is 5.82 Å². The third kappa shape index (κ3) is 3.62. The number of methoxy groups -OCH3 is 1. The maximum atomic E-state index is 7.41. The van der Waals surface area contributed by atoms with Crippen LogP contribution in [-0.4, -0.2) is 31.0 Å². The van der Waals surface area contributed by atoms with E-state index in [1.54, 1.807) is 13.3 Å². The minimum Gasteiger partial charge on any atom is -0.495 e. The van der Waals surface area contributed by atoms with Crippen molar-refractivity contribution in [3.8, 4) is 5.75 Å². The summed E-state index contributed by atoms with van der Waals surface area (Å²) in [6.07, 6.45) is 1.69. The van der Waals surface area contributed by atoms with Gasteiger partial charge in [0, 0.05) is 19.0 Å². The number of rotatable bonds is 6. The molecule has 0 aromatic carbocycles. The average molecular weight is 236 g/mol. The number of hydrogen-bond donors (Lipinski definition) is 2. The van der Waals surface area contributed by atoms with Crippen LogP contribution >= 0.6 is 0 Å². The van der Waals surface area contributed by atoms with Gasteiger partial charge in [0.1, 0.15) is 11.6 Å². The topological polar surface area (TPSA) is 75.2 Å². The zero-order valence-corrected chi connectivity index (χ0v) is 10.6. The van der Waals surface area contributed by atoms with Gasteiger partial charge < -0.3 is 15.4 Å². The predicted molar refractivity (Wildman–Crippen MR) is 69.8 cm³/mol. The molecule has 0 amide bonds. The van der Waals surface area contributed by atoms with E-state index in [0.29, 0.717) is 6.54 Å². The first-order chi connectivity index (χ1) is 8.08. The van der Waals surface area contributed by atoms with E-state index in [2.05, 4.69) is 16.8 Å². The second-order valence-electron chi connectivity index (χ2n) is 3.95. The maximum absolute atomic E-state index is 7.41. The van der Waals surface area contributed by atoms with Crippen molar-refractivity contribution in [2.24, 2.45) is 11.7 Å². The Hall–Kier alpha value is -1.78. The zero-order chi connectivity index (χ0) is 12.8. The Kier molecular flexibility index (Phi) is 4.75. The van der Waals surface area contributed by atoms with Crippen molar-refractivity contribution < 1.29 is 4.74 Å². The quantitative estimate of drug-likeness (QED) is 0.579. The number of nitrogens with one attached hydrogen (secondary N) is 1. The molecular weight excluding hydrogens is 216 g/mol. The highest BCUT2D eigenvalue weighted by molar-refractivity contribution is 5.79. The van der Waals surface area contributed by atoms with Gasteiger partial charge in [0.25, 0.3) is 0 Å². The molecule has 0 aliphatic carbocycles. The van der Waals surface area contributed by atoms with Crippen molar-refractivity contribution >= 4 is 11.7 Å². The molecule has 1 aromatic heterocycles. The van der Waals surface area contributed by atoms with Crippen LogP contribution in [0.15, 0.2) is 18.3 Å². The third-order valence-electron chi connectivity index (χ3n) is 2.69. The molecule has 0 bridgehead atoms. The highest BCUT2D eigenvalue weighted by atomic mass is 16.5. The Labute approximate surface area is 102 Å². The molecular formula is C12H20N4O. The Morgan fingerprint density at radius 1 is 1.59 bits per heavy atom. The van der Waals surface area contributed by atoms with Gasteiger partial charge in [-0.1, -0.05) is 6.92 Å². The molecule has 94 valence electrons. The Balaban J connectivity index is 2.75. The normalized spacial score (nSPS) is 11.9. The summed E-state index contributed by atoms with van der Waals surface area (Å²) < 4.78 is 5.07. The van der Waals surface area contributed by atoms with Gasteiger partial charge in [0.2, 0.25) is 0 Å². The number of hydrogen-bond acceptors (Lipinski definition) is 4. The van der Waals surface area contributed by atoms with E-state index < -0.39 is 0 Å². The second-order valence-corrected chi connectivity index (χ2v) is 3.95. The van der Waals surface area contributed by atoms with Crippen LogP contribution in [-0.2, 0) is 0 Å². The molecule has 0 aliphatic heterocycles. The SMILES string of the molecule is CCN(CC(C)C(=N)N)c1ccc(OC)cn1. The lowest BCUT2D eigenvalue weighted by atomic mass is 10.1. The lowest BCUT2D eigenvalue weighted by Gasteiger charge is -2.25. The minimum absolute atomic E-state index is 0.0267. The monoisotopic (exact) mass is 236 g/mol. The summed E-state index contributed by atoms with van der Waals surface area (Å²) in [5.74, 6) is 1.85. The lowest BCUT2D eigenvalue weighted by Crippen LogP contribution is -2.34. The summed E-state index contributed by atoms with van der Waals surface area (Å²) in [6, 6.07) is 3.79. The van der Waals surface area contributed by atoms with Gasteiger partial charge in [-0.3, -0.25) is 5.41 Å². The minimum atomic E-state index is 0.0267. The smallest absolute Gasteiger partial charge is 0.137 e. The predicted octanol–water partition coefficient (Wildman–Crippen LogP) is 1.49. The van der Waals surface area contributed by atoms with Crippen LogP contribution < -0.4 is 15.4 Å². The van der Waals surface area contributed by atoms with Crippen molar-refractivity contribution in [3.63, 3.8) is 0 Å². The molecule has 5 heteroatoms. The lowest BCUT2D eigenvalue weighted by molar-refractivity contribution is 0.413. The summed E-state index contributed by atoms with van der Waals surface area (Å²) in [7, 11) is 1.62. The molecule has 5 nitrogen and oxygen atoms in total. The first-order valence-corrected chi connectivity index (χ1v) is 5.67. The fourth-order valence-corrected chi connectivity index (χ4v) is 1.49. The van der Waals surface area contributed by atoms with Gasteiger partial charge >= 0.3 is 0 Å². The van der Waals surface area contributed by atoms with E-state index in [1.165, 1.54) is 0 Å². The highest BCUT2D eigenvalue weighted by Crippen LogP contribution is 2.16. The van der Waals surface area contributed by atoms with E-state index in [4.69, 9.17) is 15.9 Å². The molecule has 17 heavy (non-hydrogen) atoms. The van der Waals surface area contributed by atoms with E-state index in [9.17, 15) is 0 Å². The Morgan fingerprint density at radius 2 is 2.29 bits per heavy atom. The fraction of sp³-hybridized carbons (Fsp3) is 0.500. The first-order valence-electron chi connectivity index (χ1n) is 5.67. The van der Waals surface area contributed by atoms with Gasteiger partial charge in [-0.15, -0.1) is 0 Å². The number of pyridine rings is 1. The summed E-state index contributed by atoms with van der Waals surface area (Å²) in [4.78, 5) is 6.41. The molecule has 1 aromatic rings. The number of nitrogens with two attached hydrogens (primary N) is 1. The van der Waals surface area contributed by atoms with Gasteiger partial charge in [-0.25, -0.2) is 4.98 Å². The van der Waals surface area contributed by atoms with E-state index in [0.717, 1.165) is 18.1 Å². The molecule has 0 spiro atoms. The molecule has 0 saturated carbocycles. The third-order valence-corrected chi connectivity index (χ3v) is 2.69. The van der Waals surface area contributed by atoms with Gasteiger partial charge in [-0.05, 0) is 19.1 Å². The molecule has 1 rings (SSSR count). The summed E-state index contributed by atoms with van der Waals surface area (Å²) >= 11 is 0. The Morgan fingerprint density at radius 3 is 2.71 bits per heavy atom. The molecule has 0 fully saturated rings. The number of ether oxygens (including phenoxy) is 1. The summed E-state index contributed by atoms with van der Waals surface area (Å²) in [5, 5.41) is 7.41. The molecule has 0 saturated heterocycles. The highest BCUT2D eigenvalue weighted by Gasteiger charge is 2.12. The van der Waals surface area contributed by atoms with Gasteiger partial charge in [0.05, 0.1) is 19.1 Å². The van der Waals surface area contributed by atoms with Crippen LogP contribution in [0.1, 0.15) is 13.8 Å². The van der Waals surface area contributed by atoms with E-state index >= 15 is 0 Å². The van der Waals surface area contributed by atoms with Crippen LogP contribution in [0.3, 0.4) is 0 Å².